The molecule has 0 aromatic carbocycles. The van der Waals surface area contributed by atoms with Crippen molar-refractivity contribution in [1.82, 2.24) is 9.97 Å². The number of aromatic nitrogens is 2. The van der Waals surface area contributed by atoms with Gasteiger partial charge < -0.3 is 5.73 Å². The van der Waals surface area contributed by atoms with Crippen molar-refractivity contribution in [2.24, 2.45) is 0 Å². The summed E-state index contributed by atoms with van der Waals surface area (Å²) in [6.45, 7) is 0. The molecule has 0 radical (unpaired) electrons. The van der Waals surface area contributed by atoms with Crippen molar-refractivity contribution in [2.45, 2.75) is 5.75 Å². The summed E-state index contributed by atoms with van der Waals surface area (Å²) in [5.41, 5.74) is 5.37. The van der Waals surface area contributed by atoms with Crippen LogP contribution in [-0.2, 0) is 5.75 Å². The molecule has 5 heteroatoms. The fourth-order valence-corrected chi connectivity index (χ4v) is 0.905. The Hall–Kier alpha value is -0.480. The molecular formula is C5H6ClN3S. The average Bonchev–Trinajstić information content (AvgIpc) is 1.85. The Bertz CT molecular complexity index is 220. The first-order valence-corrected chi connectivity index (χ1v) is 3.63. The molecule has 1 rings (SSSR count). The van der Waals surface area contributed by atoms with Gasteiger partial charge in [-0.1, -0.05) is 11.6 Å². The van der Waals surface area contributed by atoms with E-state index < -0.39 is 0 Å². The molecule has 0 spiro atoms. The van der Waals surface area contributed by atoms with Gasteiger partial charge in [-0.2, -0.15) is 12.6 Å². The van der Waals surface area contributed by atoms with Gasteiger partial charge in [0, 0.05) is 6.07 Å². The molecule has 0 saturated carbocycles. The maximum Gasteiger partial charge on any atom is 0.142 e. The maximum absolute atomic E-state index is 5.56. The molecule has 54 valence electrons. The molecule has 0 aliphatic carbocycles. The van der Waals surface area contributed by atoms with Gasteiger partial charge in [0.25, 0.3) is 0 Å². The maximum atomic E-state index is 5.56. The summed E-state index contributed by atoms with van der Waals surface area (Å²) in [4.78, 5) is 7.71. The Morgan fingerprint density at radius 3 is 2.80 bits per heavy atom. The Kier molecular flexibility index (Phi) is 2.34. The smallest absolute Gasteiger partial charge is 0.142 e. The average molecular weight is 176 g/mol. The quantitative estimate of drug-likeness (QED) is 0.497. The second kappa shape index (κ2) is 3.07. The van der Waals surface area contributed by atoms with Gasteiger partial charge in [0.1, 0.15) is 16.8 Å². The lowest BCUT2D eigenvalue weighted by atomic mass is 10.5. The number of halogens is 1. The highest BCUT2D eigenvalue weighted by Gasteiger charge is 1.96. The van der Waals surface area contributed by atoms with E-state index in [0.29, 0.717) is 22.5 Å². The number of anilines is 1. The number of thiol groups is 1. The third-order valence-electron chi connectivity index (χ3n) is 0.902. The number of hydrogen-bond acceptors (Lipinski definition) is 4. The van der Waals surface area contributed by atoms with Gasteiger partial charge in [-0.05, 0) is 0 Å². The fraction of sp³-hybridized carbons (Fsp3) is 0.200. The molecule has 2 N–H and O–H groups in total. The van der Waals surface area contributed by atoms with E-state index in [0.717, 1.165) is 0 Å². The number of hydrogen-bond donors (Lipinski definition) is 2. The topological polar surface area (TPSA) is 51.8 Å². The lowest BCUT2D eigenvalue weighted by molar-refractivity contribution is 1.05. The number of rotatable bonds is 1. The minimum Gasteiger partial charge on any atom is -0.384 e. The molecule has 0 saturated heterocycles. The second-order valence-corrected chi connectivity index (χ2v) is 2.39. The van der Waals surface area contributed by atoms with Crippen LogP contribution in [0.2, 0.25) is 5.15 Å². The van der Waals surface area contributed by atoms with Crippen LogP contribution >= 0.6 is 24.2 Å². The van der Waals surface area contributed by atoms with Crippen molar-refractivity contribution in [3.8, 4) is 0 Å². The van der Waals surface area contributed by atoms with Gasteiger partial charge in [0.15, 0.2) is 0 Å². The van der Waals surface area contributed by atoms with Crippen LogP contribution in [0.15, 0.2) is 6.07 Å². The first-order chi connectivity index (χ1) is 4.72. The van der Waals surface area contributed by atoms with E-state index in [4.69, 9.17) is 17.3 Å². The van der Waals surface area contributed by atoms with Gasteiger partial charge >= 0.3 is 0 Å². The summed E-state index contributed by atoms with van der Waals surface area (Å²) in [5, 5.41) is 0.358. The standard InChI is InChI=1S/C5H6ClN3S/c6-3-1-4(7)9-5(2-10)8-3/h1,10H,2H2,(H2,7,8,9). The van der Waals surface area contributed by atoms with Crippen molar-refractivity contribution in [1.29, 1.82) is 0 Å². The Morgan fingerprint density at radius 2 is 2.30 bits per heavy atom. The number of nitrogen functional groups attached to an aromatic ring is 1. The first kappa shape index (κ1) is 7.63. The molecule has 0 atom stereocenters. The van der Waals surface area contributed by atoms with Gasteiger partial charge in [0.05, 0.1) is 5.75 Å². The van der Waals surface area contributed by atoms with Crippen molar-refractivity contribution >= 4 is 30.0 Å². The second-order valence-electron chi connectivity index (χ2n) is 1.69. The SMILES string of the molecule is Nc1cc(Cl)nc(CS)n1. The summed E-state index contributed by atoms with van der Waals surface area (Å²) in [7, 11) is 0. The van der Waals surface area contributed by atoms with Crippen LogP contribution in [0.3, 0.4) is 0 Å². The van der Waals surface area contributed by atoms with Crippen LogP contribution in [0.4, 0.5) is 5.82 Å². The van der Waals surface area contributed by atoms with Crippen molar-refractivity contribution < 1.29 is 0 Å². The molecule has 3 nitrogen and oxygen atoms in total. The summed E-state index contributed by atoms with van der Waals surface area (Å²) in [6.07, 6.45) is 0. The van der Waals surface area contributed by atoms with Crippen LogP contribution in [-0.4, -0.2) is 9.97 Å². The largest absolute Gasteiger partial charge is 0.384 e. The van der Waals surface area contributed by atoms with Crippen molar-refractivity contribution in [3.05, 3.63) is 17.0 Å². The number of nitrogens with two attached hydrogens (primary N) is 1. The summed E-state index contributed by atoms with van der Waals surface area (Å²) in [5.74, 6) is 1.38. The minimum absolute atomic E-state index is 0.358. The van der Waals surface area contributed by atoms with Crippen LogP contribution in [0.5, 0.6) is 0 Å². The van der Waals surface area contributed by atoms with E-state index in [2.05, 4.69) is 22.6 Å². The van der Waals surface area contributed by atoms with Gasteiger partial charge in [-0.3, -0.25) is 0 Å². The highest BCUT2D eigenvalue weighted by Crippen LogP contribution is 2.08. The van der Waals surface area contributed by atoms with E-state index in [1.165, 1.54) is 6.07 Å². The third kappa shape index (κ3) is 1.75. The molecule has 1 aromatic heterocycles. The normalized spacial score (nSPS) is 9.80. The van der Waals surface area contributed by atoms with E-state index >= 15 is 0 Å². The van der Waals surface area contributed by atoms with Gasteiger partial charge in [0.2, 0.25) is 0 Å². The predicted octanol–water partition coefficient (Wildman–Crippen LogP) is 1.14. The third-order valence-corrected chi connectivity index (χ3v) is 1.38. The van der Waals surface area contributed by atoms with E-state index in [9.17, 15) is 0 Å². The van der Waals surface area contributed by atoms with Crippen LogP contribution < -0.4 is 5.73 Å². The Morgan fingerprint density at radius 1 is 1.60 bits per heavy atom. The lowest BCUT2D eigenvalue weighted by Crippen LogP contribution is -1.96. The summed E-state index contributed by atoms with van der Waals surface area (Å²) < 4.78 is 0. The highest BCUT2D eigenvalue weighted by atomic mass is 35.5. The molecule has 0 bridgehead atoms. The molecule has 1 heterocycles. The lowest BCUT2D eigenvalue weighted by Gasteiger charge is -1.96. The van der Waals surface area contributed by atoms with Crippen LogP contribution in [0.1, 0.15) is 5.82 Å². The van der Waals surface area contributed by atoms with E-state index in [-0.39, 0.29) is 0 Å². The first-order valence-electron chi connectivity index (χ1n) is 2.62. The molecule has 0 aliphatic heterocycles. The summed E-state index contributed by atoms with van der Waals surface area (Å²) in [6, 6.07) is 1.49. The van der Waals surface area contributed by atoms with Gasteiger partial charge in [-0.25, -0.2) is 9.97 Å². The highest BCUT2D eigenvalue weighted by molar-refractivity contribution is 7.79. The molecule has 0 aliphatic rings. The van der Waals surface area contributed by atoms with E-state index in [1.807, 2.05) is 0 Å². The number of nitrogens with zero attached hydrogens (tertiary/aromatic N) is 2. The summed E-state index contributed by atoms with van der Waals surface area (Å²) >= 11 is 9.53. The molecule has 10 heavy (non-hydrogen) atoms. The zero-order chi connectivity index (χ0) is 7.56. The minimum atomic E-state index is 0.358. The monoisotopic (exact) mass is 175 g/mol. The van der Waals surface area contributed by atoms with Crippen molar-refractivity contribution in [3.63, 3.8) is 0 Å². The van der Waals surface area contributed by atoms with E-state index in [1.54, 1.807) is 0 Å². The zero-order valence-corrected chi connectivity index (χ0v) is 6.73. The molecule has 0 unspecified atom stereocenters. The van der Waals surface area contributed by atoms with Crippen molar-refractivity contribution in [2.75, 3.05) is 5.73 Å². The predicted molar refractivity (Wildman–Crippen MR) is 44.1 cm³/mol. The molecule has 0 fully saturated rings. The molecule has 0 amide bonds. The zero-order valence-electron chi connectivity index (χ0n) is 5.08. The Labute approximate surface area is 69.0 Å². The molecular weight excluding hydrogens is 170 g/mol. The van der Waals surface area contributed by atoms with Crippen LogP contribution in [0, 0.1) is 0 Å². The molecule has 1 aromatic rings. The Balaban J connectivity index is 3.06. The van der Waals surface area contributed by atoms with Crippen LogP contribution in [0.25, 0.3) is 0 Å². The van der Waals surface area contributed by atoms with Gasteiger partial charge in [-0.15, -0.1) is 0 Å². The fourth-order valence-electron chi connectivity index (χ4n) is 0.555.